The number of nitrogens with zero attached hydrogens (tertiary/aromatic N) is 2. The Morgan fingerprint density at radius 2 is 2.38 bits per heavy atom. The molecule has 2 aromatic rings. The third kappa shape index (κ3) is 3.17. The minimum Gasteiger partial charge on any atom is -0.396 e. The lowest BCUT2D eigenvalue weighted by Gasteiger charge is -2.23. The first kappa shape index (κ1) is 14.7. The first-order valence-electron chi connectivity index (χ1n) is 7.19. The predicted molar refractivity (Wildman–Crippen MR) is 85.8 cm³/mol. The Hall–Kier alpha value is -1.24. The van der Waals surface area contributed by atoms with Gasteiger partial charge in [-0.3, -0.25) is 4.79 Å². The van der Waals surface area contributed by atoms with Crippen molar-refractivity contribution in [2.24, 2.45) is 0 Å². The van der Waals surface area contributed by atoms with Crippen LogP contribution >= 0.6 is 22.7 Å². The van der Waals surface area contributed by atoms with Crippen molar-refractivity contribution in [3.8, 4) is 10.6 Å². The zero-order chi connectivity index (χ0) is 14.7. The summed E-state index contributed by atoms with van der Waals surface area (Å²) < 4.78 is 0. The molecule has 6 heteroatoms. The molecule has 1 amide bonds. The molecule has 0 aromatic carbocycles. The molecule has 0 bridgehead atoms. The van der Waals surface area contributed by atoms with E-state index in [1.165, 1.54) is 11.3 Å². The number of likely N-dealkylation sites (tertiary alicyclic amines) is 1. The van der Waals surface area contributed by atoms with Gasteiger partial charge >= 0.3 is 0 Å². The highest BCUT2D eigenvalue weighted by Gasteiger charge is 2.30. The normalized spacial score (nSPS) is 18.3. The standard InChI is InChI=1S/C15H18N2O2S2/c18-7-2-4-12-3-1-6-17(12)15(19)13-10-21-14(16-13)11-5-8-20-9-11/h5,8-10,12,18H,1-4,6-7H2. The molecular weight excluding hydrogens is 304 g/mol. The molecule has 0 aliphatic carbocycles. The molecule has 0 radical (unpaired) electrons. The van der Waals surface area contributed by atoms with Crippen LogP contribution in [0.5, 0.6) is 0 Å². The number of carbonyl (C=O) groups excluding carboxylic acids is 1. The van der Waals surface area contributed by atoms with E-state index in [1.54, 1.807) is 11.3 Å². The highest BCUT2D eigenvalue weighted by Crippen LogP contribution is 2.28. The fourth-order valence-corrected chi connectivity index (χ4v) is 4.27. The minimum atomic E-state index is 0.0353. The molecule has 21 heavy (non-hydrogen) atoms. The van der Waals surface area contributed by atoms with Crippen molar-refractivity contribution >= 4 is 28.6 Å². The van der Waals surface area contributed by atoms with Crippen LogP contribution in [0.4, 0.5) is 0 Å². The fourth-order valence-electron chi connectivity index (χ4n) is 2.77. The van der Waals surface area contributed by atoms with Gasteiger partial charge < -0.3 is 10.0 Å². The molecule has 112 valence electrons. The lowest BCUT2D eigenvalue weighted by atomic mass is 10.1. The van der Waals surface area contributed by atoms with E-state index in [-0.39, 0.29) is 18.6 Å². The Kier molecular flexibility index (Phi) is 4.67. The van der Waals surface area contributed by atoms with E-state index >= 15 is 0 Å². The number of thiophene rings is 1. The van der Waals surface area contributed by atoms with Gasteiger partial charge in [0.1, 0.15) is 10.7 Å². The summed E-state index contributed by atoms with van der Waals surface area (Å²) in [6.07, 6.45) is 3.71. The van der Waals surface area contributed by atoms with Crippen LogP contribution in [0.1, 0.15) is 36.2 Å². The quantitative estimate of drug-likeness (QED) is 0.919. The number of thiazole rings is 1. The van der Waals surface area contributed by atoms with Gasteiger partial charge in [-0.05, 0) is 37.1 Å². The molecule has 1 atom stereocenters. The summed E-state index contributed by atoms with van der Waals surface area (Å²) in [6.45, 7) is 0.998. The topological polar surface area (TPSA) is 53.4 Å². The maximum absolute atomic E-state index is 12.6. The summed E-state index contributed by atoms with van der Waals surface area (Å²) >= 11 is 3.16. The second kappa shape index (κ2) is 6.68. The largest absolute Gasteiger partial charge is 0.396 e. The average molecular weight is 322 g/mol. The number of rotatable bonds is 5. The van der Waals surface area contributed by atoms with Gasteiger partial charge in [-0.2, -0.15) is 11.3 Å². The molecule has 1 saturated heterocycles. The number of aromatic nitrogens is 1. The van der Waals surface area contributed by atoms with E-state index in [0.29, 0.717) is 5.69 Å². The van der Waals surface area contributed by atoms with Crippen molar-refractivity contribution in [3.05, 3.63) is 27.9 Å². The van der Waals surface area contributed by atoms with Crippen molar-refractivity contribution in [1.82, 2.24) is 9.88 Å². The molecule has 4 nitrogen and oxygen atoms in total. The number of hydrogen-bond donors (Lipinski definition) is 1. The first-order chi connectivity index (χ1) is 10.3. The molecule has 0 spiro atoms. The first-order valence-corrected chi connectivity index (χ1v) is 9.02. The van der Waals surface area contributed by atoms with Gasteiger partial charge in [0.2, 0.25) is 0 Å². The Bertz CT molecular complexity index is 595. The van der Waals surface area contributed by atoms with E-state index in [0.717, 1.165) is 42.8 Å². The number of aliphatic hydroxyl groups excluding tert-OH is 1. The van der Waals surface area contributed by atoms with Crippen LogP contribution in [0.3, 0.4) is 0 Å². The molecule has 3 heterocycles. The Morgan fingerprint density at radius 1 is 1.48 bits per heavy atom. The van der Waals surface area contributed by atoms with E-state index in [9.17, 15) is 4.79 Å². The molecule has 1 fully saturated rings. The number of aliphatic hydroxyl groups is 1. The van der Waals surface area contributed by atoms with Gasteiger partial charge in [-0.25, -0.2) is 4.98 Å². The summed E-state index contributed by atoms with van der Waals surface area (Å²) in [5.74, 6) is 0.0353. The molecule has 3 rings (SSSR count). The highest BCUT2D eigenvalue weighted by molar-refractivity contribution is 7.14. The lowest BCUT2D eigenvalue weighted by Crippen LogP contribution is -2.35. The molecular formula is C15H18N2O2S2. The van der Waals surface area contributed by atoms with Crippen LogP contribution in [0.25, 0.3) is 10.6 Å². The van der Waals surface area contributed by atoms with Gasteiger partial charge in [0.05, 0.1) is 0 Å². The van der Waals surface area contributed by atoms with Crippen LogP contribution in [0.2, 0.25) is 0 Å². The van der Waals surface area contributed by atoms with E-state index in [1.807, 2.05) is 27.1 Å². The summed E-state index contributed by atoms with van der Waals surface area (Å²) in [5, 5.41) is 15.8. The van der Waals surface area contributed by atoms with Crippen molar-refractivity contribution in [3.63, 3.8) is 0 Å². The van der Waals surface area contributed by atoms with Crippen LogP contribution < -0.4 is 0 Å². The zero-order valence-electron chi connectivity index (χ0n) is 11.7. The van der Waals surface area contributed by atoms with Crippen molar-refractivity contribution < 1.29 is 9.90 Å². The molecule has 0 saturated carbocycles. The van der Waals surface area contributed by atoms with E-state index in [2.05, 4.69) is 4.98 Å². The number of amides is 1. The zero-order valence-corrected chi connectivity index (χ0v) is 13.3. The second-order valence-corrected chi connectivity index (χ2v) is 6.85. The average Bonchev–Trinajstić information content (AvgIpc) is 3.24. The van der Waals surface area contributed by atoms with Gasteiger partial charge in [0.25, 0.3) is 5.91 Å². The molecule has 1 aliphatic rings. The van der Waals surface area contributed by atoms with Crippen LogP contribution in [-0.4, -0.2) is 40.1 Å². The third-order valence-corrected chi connectivity index (χ3v) is 5.40. The number of hydrogen-bond acceptors (Lipinski definition) is 5. The van der Waals surface area contributed by atoms with Crippen LogP contribution in [-0.2, 0) is 0 Å². The summed E-state index contributed by atoms with van der Waals surface area (Å²) in [7, 11) is 0. The lowest BCUT2D eigenvalue weighted by molar-refractivity contribution is 0.0719. The predicted octanol–water partition coefficient (Wildman–Crippen LogP) is 3.25. The van der Waals surface area contributed by atoms with Gasteiger partial charge in [0.15, 0.2) is 0 Å². The number of carbonyl (C=O) groups is 1. The summed E-state index contributed by atoms with van der Waals surface area (Å²) in [5.41, 5.74) is 1.64. The Morgan fingerprint density at radius 3 is 3.14 bits per heavy atom. The Balaban J connectivity index is 1.73. The van der Waals surface area contributed by atoms with E-state index < -0.39 is 0 Å². The van der Waals surface area contributed by atoms with Crippen molar-refractivity contribution in [1.29, 1.82) is 0 Å². The van der Waals surface area contributed by atoms with Crippen LogP contribution in [0, 0.1) is 0 Å². The minimum absolute atomic E-state index is 0.0353. The van der Waals surface area contributed by atoms with Gasteiger partial charge in [-0.15, -0.1) is 11.3 Å². The van der Waals surface area contributed by atoms with Crippen molar-refractivity contribution in [2.75, 3.05) is 13.2 Å². The maximum Gasteiger partial charge on any atom is 0.273 e. The van der Waals surface area contributed by atoms with Gasteiger partial charge in [0, 0.05) is 35.5 Å². The van der Waals surface area contributed by atoms with E-state index in [4.69, 9.17) is 5.11 Å². The van der Waals surface area contributed by atoms with Crippen LogP contribution in [0.15, 0.2) is 22.2 Å². The summed E-state index contributed by atoms with van der Waals surface area (Å²) in [4.78, 5) is 19.0. The highest BCUT2D eigenvalue weighted by atomic mass is 32.1. The van der Waals surface area contributed by atoms with Crippen molar-refractivity contribution in [2.45, 2.75) is 31.7 Å². The fraction of sp³-hybridized carbons (Fsp3) is 0.467. The molecule has 2 aromatic heterocycles. The second-order valence-electron chi connectivity index (χ2n) is 5.21. The smallest absolute Gasteiger partial charge is 0.273 e. The molecule has 1 N–H and O–H groups in total. The molecule has 1 unspecified atom stereocenters. The SMILES string of the molecule is O=C(c1csc(-c2ccsc2)n1)N1CCCC1CCCO. The summed E-state index contributed by atoms with van der Waals surface area (Å²) in [6, 6.07) is 2.29. The van der Waals surface area contributed by atoms with Gasteiger partial charge in [-0.1, -0.05) is 0 Å². The Labute approximate surface area is 132 Å². The monoisotopic (exact) mass is 322 g/mol. The molecule has 1 aliphatic heterocycles. The third-order valence-electron chi connectivity index (χ3n) is 3.82. The maximum atomic E-state index is 12.6.